The third-order valence-electron chi connectivity index (χ3n) is 4.83. The van der Waals surface area contributed by atoms with Crippen LogP contribution in [0.3, 0.4) is 0 Å². The Morgan fingerprint density at radius 2 is 1.81 bits per heavy atom. The maximum atomic E-state index is 11.6. The van der Waals surface area contributed by atoms with E-state index in [1.165, 1.54) is 29.8 Å². The van der Waals surface area contributed by atoms with Crippen molar-refractivity contribution >= 4 is 10.0 Å². The fourth-order valence-electron chi connectivity index (χ4n) is 3.52. The Labute approximate surface area is 126 Å². The van der Waals surface area contributed by atoms with Crippen molar-refractivity contribution in [2.45, 2.75) is 51.3 Å². The van der Waals surface area contributed by atoms with Crippen LogP contribution in [-0.2, 0) is 23.1 Å². The number of rotatable bonds is 3. The Balaban J connectivity index is 1.78. The van der Waals surface area contributed by atoms with E-state index in [1.54, 1.807) is 0 Å². The summed E-state index contributed by atoms with van der Waals surface area (Å²) in [6.45, 7) is 0.882. The number of aliphatic hydroxyl groups is 1. The Bertz CT molecular complexity index is 620. The largest absolute Gasteiger partial charge is 0.388 e. The Morgan fingerprint density at radius 1 is 1.14 bits per heavy atom. The lowest BCUT2D eigenvalue weighted by Crippen LogP contribution is -2.23. The lowest BCUT2D eigenvalue weighted by atomic mass is 9.82. The monoisotopic (exact) mass is 309 g/mol. The van der Waals surface area contributed by atoms with Gasteiger partial charge >= 0.3 is 0 Å². The van der Waals surface area contributed by atoms with Crippen molar-refractivity contribution in [3.8, 4) is 0 Å². The van der Waals surface area contributed by atoms with Crippen LogP contribution in [0.25, 0.3) is 0 Å². The highest BCUT2D eigenvalue weighted by molar-refractivity contribution is 7.88. The molecular formula is C16H23NO3S. The van der Waals surface area contributed by atoms with E-state index in [-0.39, 0.29) is 0 Å². The molecule has 0 saturated heterocycles. The fraction of sp³-hybridized carbons (Fsp3) is 0.625. The molecule has 1 saturated carbocycles. The second kappa shape index (κ2) is 5.71. The normalized spacial score (nSPS) is 22.2. The van der Waals surface area contributed by atoms with Crippen LogP contribution in [0, 0.1) is 5.92 Å². The summed E-state index contributed by atoms with van der Waals surface area (Å²) in [5.74, 6) is 0.351. The van der Waals surface area contributed by atoms with E-state index < -0.39 is 16.1 Å². The third-order valence-corrected chi connectivity index (χ3v) is 6.03. The summed E-state index contributed by atoms with van der Waals surface area (Å²) in [7, 11) is -3.15. The van der Waals surface area contributed by atoms with E-state index in [0.29, 0.717) is 19.0 Å². The molecule has 1 aliphatic heterocycles. The molecule has 1 N–H and O–H groups in total. The van der Waals surface area contributed by atoms with Gasteiger partial charge in [-0.15, -0.1) is 0 Å². The fourth-order valence-corrected chi connectivity index (χ4v) is 4.27. The minimum absolute atomic E-state index is 0.351. The third kappa shape index (κ3) is 3.15. The average molecular weight is 309 g/mol. The Morgan fingerprint density at radius 3 is 2.48 bits per heavy atom. The summed E-state index contributed by atoms with van der Waals surface area (Å²) in [6, 6.07) is 5.94. The highest BCUT2D eigenvalue weighted by atomic mass is 32.2. The molecule has 2 aliphatic rings. The van der Waals surface area contributed by atoms with Gasteiger partial charge in [-0.3, -0.25) is 0 Å². The van der Waals surface area contributed by atoms with Crippen molar-refractivity contribution in [1.29, 1.82) is 0 Å². The van der Waals surface area contributed by atoms with Crippen molar-refractivity contribution in [3.05, 3.63) is 34.9 Å². The first-order chi connectivity index (χ1) is 9.95. The molecule has 1 aliphatic carbocycles. The van der Waals surface area contributed by atoms with Crippen molar-refractivity contribution in [2.75, 3.05) is 6.26 Å². The smallest absolute Gasteiger partial charge is 0.211 e. The van der Waals surface area contributed by atoms with Crippen molar-refractivity contribution < 1.29 is 13.5 Å². The van der Waals surface area contributed by atoms with Gasteiger partial charge in [0.25, 0.3) is 0 Å². The molecule has 5 heteroatoms. The zero-order valence-electron chi connectivity index (χ0n) is 12.5. The molecule has 1 heterocycles. The number of benzene rings is 1. The zero-order chi connectivity index (χ0) is 15.0. The molecule has 0 aromatic heterocycles. The first-order valence-corrected chi connectivity index (χ1v) is 9.55. The van der Waals surface area contributed by atoms with Gasteiger partial charge in [-0.05, 0) is 35.4 Å². The molecular weight excluding hydrogens is 286 g/mol. The first kappa shape index (κ1) is 15.0. The van der Waals surface area contributed by atoms with Crippen LogP contribution in [0.1, 0.15) is 54.9 Å². The van der Waals surface area contributed by atoms with Crippen LogP contribution < -0.4 is 0 Å². The number of hydrogen-bond donors (Lipinski definition) is 1. The van der Waals surface area contributed by atoms with Crippen LogP contribution in [0.15, 0.2) is 18.2 Å². The summed E-state index contributed by atoms with van der Waals surface area (Å²) in [5, 5.41) is 10.6. The van der Waals surface area contributed by atoms with E-state index in [0.717, 1.165) is 29.5 Å². The van der Waals surface area contributed by atoms with Crippen LogP contribution in [0.5, 0.6) is 0 Å². The predicted octanol–water partition coefficient (Wildman–Crippen LogP) is 2.58. The lowest BCUT2D eigenvalue weighted by Gasteiger charge is -2.27. The van der Waals surface area contributed by atoms with Gasteiger partial charge in [0.1, 0.15) is 0 Å². The lowest BCUT2D eigenvalue weighted by molar-refractivity contribution is 0.0848. The van der Waals surface area contributed by atoms with Crippen molar-refractivity contribution in [1.82, 2.24) is 4.31 Å². The van der Waals surface area contributed by atoms with E-state index in [1.807, 2.05) is 18.2 Å². The number of fused-ring (bicyclic) bond motifs is 1. The summed E-state index contributed by atoms with van der Waals surface area (Å²) >= 11 is 0. The molecule has 1 aromatic carbocycles. The molecule has 1 fully saturated rings. The van der Waals surface area contributed by atoms with Crippen LogP contribution >= 0.6 is 0 Å². The molecule has 0 amide bonds. The average Bonchev–Trinajstić information content (AvgIpc) is 2.90. The van der Waals surface area contributed by atoms with Crippen LogP contribution in [0.2, 0.25) is 0 Å². The second-order valence-electron chi connectivity index (χ2n) is 6.40. The molecule has 4 nitrogen and oxygen atoms in total. The quantitative estimate of drug-likeness (QED) is 0.933. The highest BCUT2D eigenvalue weighted by Gasteiger charge is 2.28. The van der Waals surface area contributed by atoms with Gasteiger partial charge in [0.2, 0.25) is 10.0 Å². The van der Waals surface area contributed by atoms with Crippen LogP contribution in [0.4, 0.5) is 0 Å². The highest BCUT2D eigenvalue weighted by Crippen LogP contribution is 2.36. The van der Waals surface area contributed by atoms with Gasteiger partial charge < -0.3 is 5.11 Å². The summed E-state index contributed by atoms with van der Waals surface area (Å²) in [4.78, 5) is 0. The predicted molar refractivity (Wildman–Crippen MR) is 82.1 cm³/mol. The van der Waals surface area contributed by atoms with Gasteiger partial charge in [0.05, 0.1) is 12.4 Å². The van der Waals surface area contributed by atoms with Crippen molar-refractivity contribution in [3.63, 3.8) is 0 Å². The number of aliphatic hydroxyl groups excluding tert-OH is 1. The maximum Gasteiger partial charge on any atom is 0.211 e. The minimum atomic E-state index is -3.15. The van der Waals surface area contributed by atoms with Gasteiger partial charge in [-0.2, -0.15) is 4.31 Å². The molecule has 0 radical (unpaired) electrons. The van der Waals surface area contributed by atoms with Gasteiger partial charge in [0, 0.05) is 13.1 Å². The minimum Gasteiger partial charge on any atom is -0.388 e. The van der Waals surface area contributed by atoms with Gasteiger partial charge in [0.15, 0.2) is 0 Å². The molecule has 3 rings (SSSR count). The van der Waals surface area contributed by atoms with E-state index >= 15 is 0 Å². The molecule has 0 spiro atoms. The molecule has 1 atom stereocenters. The summed E-state index contributed by atoms with van der Waals surface area (Å²) in [5.41, 5.74) is 3.03. The maximum absolute atomic E-state index is 11.6. The Hall–Kier alpha value is -0.910. The Kier molecular flexibility index (Phi) is 4.08. The number of sulfonamides is 1. The molecule has 21 heavy (non-hydrogen) atoms. The first-order valence-electron chi connectivity index (χ1n) is 7.70. The van der Waals surface area contributed by atoms with Crippen LogP contribution in [-0.4, -0.2) is 24.1 Å². The SMILES string of the molecule is CS(=O)(=O)N1Cc2ccc(C(O)C3CCCCC3)cc2C1. The standard InChI is InChI=1S/C16H23NO3S/c1-21(19,20)17-10-14-8-7-13(9-15(14)11-17)16(18)12-5-3-2-4-6-12/h7-9,12,16,18H,2-6,10-11H2,1H3. The number of nitrogens with zero attached hydrogens (tertiary/aromatic N) is 1. The zero-order valence-corrected chi connectivity index (χ0v) is 13.3. The molecule has 1 aromatic rings. The molecule has 116 valence electrons. The summed E-state index contributed by atoms with van der Waals surface area (Å²) in [6.07, 6.45) is 6.70. The van der Waals surface area contributed by atoms with Crippen molar-refractivity contribution in [2.24, 2.45) is 5.92 Å². The topological polar surface area (TPSA) is 57.6 Å². The van der Waals surface area contributed by atoms with E-state index in [2.05, 4.69) is 0 Å². The second-order valence-corrected chi connectivity index (χ2v) is 8.38. The number of hydrogen-bond acceptors (Lipinski definition) is 3. The van der Waals surface area contributed by atoms with Gasteiger partial charge in [-0.1, -0.05) is 37.5 Å². The molecule has 1 unspecified atom stereocenters. The van der Waals surface area contributed by atoms with E-state index in [9.17, 15) is 13.5 Å². The summed E-state index contributed by atoms with van der Waals surface area (Å²) < 4.78 is 24.8. The van der Waals surface area contributed by atoms with Gasteiger partial charge in [-0.25, -0.2) is 8.42 Å². The molecule has 0 bridgehead atoms. The van der Waals surface area contributed by atoms with E-state index in [4.69, 9.17) is 0 Å².